The zero-order valence-electron chi connectivity index (χ0n) is 14.3. The average Bonchev–Trinajstić information content (AvgIpc) is 3.19. The molecule has 0 aliphatic rings. The number of hydrogen-bond acceptors (Lipinski definition) is 6. The molecule has 0 bridgehead atoms. The van der Waals surface area contributed by atoms with Crippen molar-refractivity contribution in [2.75, 3.05) is 13.7 Å². The largest absolute Gasteiger partial charge is 0.493 e. The smallest absolute Gasteiger partial charge is 0.331 e. The molecule has 0 N–H and O–H groups in total. The van der Waals surface area contributed by atoms with Gasteiger partial charge in [0.1, 0.15) is 6.61 Å². The summed E-state index contributed by atoms with van der Waals surface area (Å²) in [5.74, 6) is 0.790. The standard InChI is InChI=1S/C18H17ClN2O4S/c1-3-24-15-10-12(4-6-14(15)23-2)5-7-16(22)25-11-13-17(19)20-18-21(13)8-9-26-18/h4-10H,3,11H2,1-2H3. The monoisotopic (exact) mass is 392 g/mol. The van der Waals surface area contributed by atoms with Gasteiger partial charge in [-0.3, -0.25) is 4.40 Å². The van der Waals surface area contributed by atoms with E-state index in [2.05, 4.69) is 4.98 Å². The van der Waals surface area contributed by atoms with Crippen LogP contribution in [0.25, 0.3) is 11.0 Å². The van der Waals surface area contributed by atoms with E-state index in [4.69, 9.17) is 25.8 Å². The van der Waals surface area contributed by atoms with Crippen LogP contribution >= 0.6 is 22.9 Å². The predicted molar refractivity (Wildman–Crippen MR) is 101 cm³/mol. The molecule has 8 heteroatoms. The molecular formula is C18H17ClN2O4S. The van der Waals surface area contributed by atoms with Crippen LogP contribution in [0.2, 0.25) is 5.15 Å². The molecule has 0 saturated heterocycles. The topological polar surface area (TPSA) is 62.1 Å². The Balaban J connectivity index is 1.65. The van der Waals surface area contributed by atoms with Gasteiger partial charge in [0.05, 0.1) is 19.4 Å². The Morgan fingerprint density at radius 3 is 3.00 bits per heavy atom. The number of halogens is 1. The highest BCUT2D eigenvalue weighted by molar-refractivity contribution is 7.15. The molecule has 0 unspecified atom stereocenters. The molecular weight excluding hydrogens is 376 g/mol. The summed E-state index contributed by atoms with van der Waals surface area (Å²) in [6.07, 6.45) is 4.85. The van der Waals surface area contributed by atoms with Crippen molar-refractivity contribution in [3.63, 3.8) is 0 Å². The number of aromatic nitrogens is 2. The highest BCUT2D eigenvalue weighted by atomic mass is 35.5. The molecule has 0 radical (unpaired) electrons. The van der Waals surface area contributed by atoms with Crippen LogP contribution in [0.4, 0.5) is 0 Å². The van der Waals surface area contributed by atoms with E-state index in [9.17, 15) is 4.79 Å². The number of carbonyl (C=O) groups is 1. The maximum atomic E-state index is 12.0. The van der Waals surface area contributed by atoms with E-state index in [0.717, 1.165) is 10.5 Å². The van der Waals surface area contributed by atoms with Gasteiger partial charge < -0.3 is 14.2 Å². The average molecular weight is 393 g/mol. The van der Waals surface area contributed by atoms with Crippen molar-refractivity contribution >= 4 is 39.9 Å². The van der Waals surface area contributed by atoms with Crippen molar-refractivity contribution in [1.29, 1.82) is 0 Å². The third-order valence-electron chi connectivity index (χ3n) is 3.56. The first-order chi connectivity index (χ1) is 12.6. The molecule has 136 valence electrons. The number of hydrogen-bond donors (Lipinski definition) is 0. The maximum Gasteiger partial charge on any atom is 0.331 e. The molecule has 0 fully saturated rings. The number of rotatable bonds is 7. The Kier molecular flexibility index (Phi) is 5.80. The Morgan fingerprint density at radius 2 is 2.23 bits per heavy atom. The van der Waals surface area contributed by atoms with Crippen LogP contribution in [-0.4, -0.2) is 29.1 Å². The van der Waals surface area contributed by atoms with E-state index < -0.39 is 5.97 Å². The lowest BCUT2D eigenvalue weighted by atomic mass is 10.2. The highest BCUT2D eigenvalue weighted by Crippen LogP contribution is 2.28. The van der Waals surface area contributed by atoms with Gasteiger partial charge >= 0.3 is 5.97 Å². The molecule has 0 amide bonds. The Labute approximate surface area is 159 Å². The van der Waals surface area contributed by atoms with Gasteiger partial charge in [-0.15, -0.1) is 11.3 Å². The number of imidazole rings is 1. The number of esters is 1. The third kappa shape index (κ3) is 4.00. The van der Waals surface area contributed by atoms with Crippen LogP contribution in [0.1, 0.15) is 18.2 Å². The second kappa shape index (κ2) is 8.25. The number of carbonyl (C=O) groups excluding carboxylic acids is 1. The van der Waals surface area contributed by atoms with E-state index >= 15 is 0 Å². The summed E-state index contributed by atoms with van der Waals surface area (Å²) < 4.78 is 17.8. The number of nitrogens with zero attached hydrogens (tertiary/aromatic N) is 2. The second-order valence-corrected chi connectivity index (χ2v) is 6.42. The molecule has 3 rings (SSSR count). The van der Waals surface area contributed by atoms with Gasteiger partial charge in [0.25, 0.3) is 0 Å². The van der Waals surface area contributed by atoms with Gasteiger partial charge in [0.15, 0.2) is 21.6 Å². The molecule has 0 saturated carbocycles. The number of methoxy groups -OCH3 is 1. The summed E-state index contributed by atoms with van der Waals surface area (Å²) >= 11 is 7.54. The van der Waals surface area contributed by atoms with Crippen molar-refractivity contribution in [2.24, 2.45) is 0 Å². The summed E-state index contributed by atoms with van der Waals surface area (Å²) in [5, 5.41) is 2.23. The summed E-state index contributed by atoms with van der Waals surface area (Å²) in [6.45, 7) is 2.47. The third-order valence-corrected chi connectivity index (χ3v) is 4.62. The molecule has 2 aromatic heterocycles. The van der Waals surface area contributed by atoms with Crippen molar-refractivity contribution in [3.05, 3.63) is 52.3 Å². The summed E-state index contributed by atoms with van der Waals surface area (Å²) in [7, 11) is 1.58. The van der Waals surface area contributed by atoms with Gasteiger partial charge in [-0.2, -0.15) is 0 Å². The molecule has 1 aromatic carbocycles. The van der Waals surface area contributed by atoms with E-state index in [1.807, 2.05) is 29.0 Å². The number of fused-ring (bicyclic) bond motifs is 1. The van der Waals surface area contributed by atoms with E-state index in [1.54, 1.807) is 25.3 Å². The molecule has 0 spiro atoms. The van der Waals surface area contributed by atoms with Crippen LogP contribution in [0.15, 0.2) is 35.9 Å². The first-order valence-corrected chi connectivity index (χ1v) is 9.13. The van der Waals surface area contributed by atoms with Gasteiger partial charge in [0.2, 0.25) is 0 Å². The fraction of sp³-hybridized carbons (Fsp3) is 0.222. The second-order valence-electron chi connectivity index (χ2n) is 5.19. The van der Waals surface area contributed by atoms with Crippen molar-refractivity contribution < 1.29 is 19.0 Å². The van der Waals surface area contributed by atoms with Gasteiger partial charge in [-0.1, -0.05) is 17.7 Å². The fourth-order valence-corrected chi connectivity index (χ4v) is 3.36. The maximum absolute atomic E-state index is 12.0. The number of ether oxygens (including phenoxy) is 3. The lowest BCUT2D eigenvalue weighted by Crippen LogP contribution is -2.03. The highest BCUT2D eigenvalue weighted by Gasteiger charge is 2.12. The van der Waals surface area contributed by atoms with Gasteiger partial charge in [0, 0.05) is 17.7 Å². The molecule has 26 heavy (non-hydrogen) atoms. The zero-order valence-corrected chi connectivity index (χ0v) is 15.8. The van der Waals surface area contributed by atoms with Crippen LogP contribution in [0.5, 0.6) is 11.5 Å². The summed E-state index contributed by atoms with van der Waals surface area (Å²) in [6, 6.07) is 5.41. The van der Waals surface area contributed by atoms with E-state index in [-0.39, 0.29) is 6.61 Å². The summed E-state index contributed by atoms with van der Waals surface area (Å²) in [5.41, 5.74) is 1.45. The van der Waals surface area contributed by atoms with Crippen molar-refractivity contribution in [2.45, 2.75) is 13.5 Å². The molecule has 0 aliphatic carbocycles. The first-order valence-electron chi connectivity index (χ1n) is 7.88. The minimum atomic E-state index is -0.472. The van der Waals surface area contributed by atoms with Crippen LogP contribution < -0.4 is 9.47 Å². The number of benzene rings is 1. The lowest BCUT2D eigenvalue weighted by Gasteiger charge is -2.09. The first kappa shape index (κ1) is 18.3. The summed E-state index contributed by atoms with van der Waals surface area (Å²) in [4.78, 5) is 17.0. The quantitative estimate of drug-likeness (QED) is 0.445. The van der Waals surface area contributed by atoms with E-state index in [0.29, 0.717) is 29.0 Å². The molecule has 2 heterocycles. The molecule has 0 aliphatic heterocycles. The Morgan fingerprint density at radius 1 is 1.38 bits per heavy atom. The fourth-order valence-electron chi connectivity index (χ4n) is 2.35. The predicted octanol–water partition coefficient (Wildman–Crippen LogP) is 4.21. The SMILES string of the molecule is CCOc1cc(C=CC(=O)OCc2c(Cl)nc3sccn23)ccc1OC. The van der Waals surface area contributed by atoms with Crippen molar-refractivity contribution in [3.8, 4) is 11.5 Å². The zero-order chi connectivity index (χ0) is 18.5. The molecule has 0 atom stereocenters. The van der Waals surface area contributed by atoms with Gasteiger partial charge in [-0.05, 0) is 30.7 Å². The Bertz CT molecular complexity index is 948. The lowest BCUT2D eigenvalue weighted by molar-refractivity contribution is -0.139. The number of thiazole rings is 1. The van der Waals surface area contributed by atoms with Crippen molar-refractivity contribution in [1.82, 2.24) is 9.38 Å². The van der Waals surface area contributed by atoms with Crippen LogP contribution in [0, 0.1) is 0 Å². The normalized spacial score (nSPS) is 11.2. The van der Waals surface area contributed by atoms with Crippen LogP contribution in [0.3, 0.4) is 0 Å². The molecule has 3 aromatic rings. The minimum absolute atomic E-state index is 0.0483. The minimum Gasteiger partial charge on any atom is -0.493 e. The van der Waals surface area contributed by atoms with Crippen LogP contribution in [-0.2, 0) is 16.1 Å². The molecule has 6 nitrogen and oxygen atoms in total. The Hall–Kier alpha value is -2.51. The van der Waals surface area contributed by atoms with E-state index in [1.165, 1.54) is 17.4 Å². The van der Waals surface area contributed by atoms with Gasteiger partial charge in [-0.25, -0.2) is 9.78 Å².